The molecular weight excluding hydrogens is 262 g/mol. The topological polar surface area (TPSA) is 49.3 Å². The summed E-state index contributed by atoms with van der Waals surface area (Å²) in [6.07, 6.45) is 1.16. The number of carbonyl (C=O) groups is 1. The molecular formula is C18H17NO2. The molecule has 2 rings (SSSR count). The van der Waals surface area contributed by atoms with Gasteiger partial charge >= 0.3 is 0 Å². The molecule has 0 atom stereocenters. The van der Waals surface area contributed by atoms with E-state index in [0.29, 0.717) is 6.42 Å². The number of hydrogen-bond donors (Lipinski definition) is 2. The van der Waals surface area contributed by atoms with Crippen LogP contribution in [0.25, 0.3) is 0 Å². The summed E-state index contributed by atoms with van der Waals surface area (Å²) in [7, 11) is 0. The van der Waals surface area contributed by atoms with E-state index in [9.17, 15) is 4.79 Å². The molecule has 106 valence electrons. The summed E-state index contributed by atoms with van der Waals surface area (Å²) >= 11 is 0. The number of anilines is 1. The maximum atomic E-state index is 11.9. The number of amides is 1. The first-order valence-electron chi connectivity index (χ1n) is 6.81. The standard InChI is InChI=1S/C18H17NO2/c20-13-5-9-16-8-4-10-17(14-16)19-18(21)12-11-15-6-2-1-3-7-15/h1-4,6-8,10,14,20H,11-13H2,(H,19,21). The van der Waals surface area contributed by atoms with Crippen molar-refractivity contribution in [1.82, 2.24) is 0 Å². The third kappa shape index (κ3) is 5.13. The van der Waals surface area contributed by atoms with Crippen molar-refractivity contribution in [2.75, 3.05) is 11.9 Å². The molecule has 0 heterocycles. The second-order valence-corrected chi connectivity index (χ2v) is 4.57. The number of aliphatic hydroxyl groups excluding tert-OH is 1. The van der Waals surface area contributed by atoms with E-state index in [1.54, 1.807) is 6.07 Å². The Morgan fingerprint density at radius 1 is 1.10 bits per heavy atom. The maximum Gasteiger partial charge on any atom is 0.224 e. The fraction of sp³-hybridized carbons (Fsp3) is 0.167. The summed E-state index contributed by atoms with van der Waals surface area (Å²) in [5, 5.41) is 11.5. The molecule has 0 aliphatic heterocycles. The lowest BCUT2D eigenvalue weighted by Crippen LogP contribution is -2.12. The molecule has 21 heavy (non-hydrogen) atoms. The molecule has 0 saturated carbocycles. The Bertz CT molecular complexity index is 654. The highest BCUT2D eigenvalue weighted by atomic mass is 16.2. The van der Waals surface area contributed by atoms with E-state index in [0.717, 1.165) is 23.2 Å². The van der Waals surface area contributed by atoms with Crippen molar-refractivity contribution in [2.24, 2.45) is 0 Å². The molecule has 0 aliphatic carbocycles. The van der Waals surface area contributed by atoms with Crippen LogP contribution in [-0.4, -0.2) is 17.6 Å². The van der Waals surface area contributed by atoms with Crippen LogP contribution in [0.5, 0.6) is 0 Å². The van der Waals surface area contributed by atoms with Gasteiger partial charge in [-0.3, -0.25) is 4.79 Å². The zero-order valence-corrected chi connectivity index (χ0v) is 11.7. The van der Waals surface area contributed by atoms with Gasteiger partial charge in [-0.1, -0.05) is 48.2 Å². The summed E-state index contributed by atoms with van der Waals surface area (Å²) < 4.78 is 0. The van der Waals surface area contributed by atoms with Gasteiger partial charge in [-0.2, -0.15) is 0 Å². The van der Waals surface area contributed by atoms with Gasteiger partial charge in [-0.05, 0) is 30.2 Å². The summed E-state index contributed by atoms with van der Waals surface area (Å²) in [5.41, 5.74) is 2.64. The van der Waals surface area contributed by atoms with Crippen LogP contribution in [0.4, 0.5) is 5.69 Å². The van der Waals surface area contributed by atoms with E-state index in [2.05, 4.69) is 17.2 Å². The third-order valence-corrected chi connectivity index (χ3v) is 2.94. The molecule has 0 aromatic heterocycles. The van der Waals surface area contributed by atoms with Crippen molar-refractivity contribution in [2.45, 2.75) is 12.8 Å². The first-order valence-corrected chi connectivity index (χ1v) is 6.81. The molecule has 1 amide bonds. The largest absolute Gasteiger partial charge is 0.384 e. The summed E-state index contributed by atoms with van der Waals surface area (Å²) in [4.78, 5) is 11.9. The predicted molar refractivity (Wildman–Crippen MR) is 83.8 cm³/mol. The van der Waals surface area contributed by atoms with Gasteiger partial charge in [0.1, 0.15) is 6.61 Å². The minimum atomic E-state index is -0.173. The lowest BCUT2D eigenvalue weighted by Gasteiger charge is -2.05. The molecule has 2 N–H and O–H groups in total. The number of rotatable bonds is 4. The fourth-order valence-corrected chi connectivity index (χ4v) is 1.94. The SMILES string of the molecule is O=C(CCc1ccccc1)Nc1cccc(C#CCO)c1. The number of benzene rings is 2. The second-order valence-electron chi connectivity index (χ2n) is 4.57. The average molecular weight is 279 g/mol. The molecule has 0 fully saturated rings. The molecule has 0 unspecified atom stereocenters. The van der Waals surface area contributed by atoms with Crippen molar-refractivity contribution in [3.05, 3.63) is 65.7 Å². The van der Waals surface area contributed by atoms with Crippen LogP contribution in [-0.2, 0) is 11.2 Å². The van der Waals surface area contributed by atoms with Gasteiger partial charge in [0.15, 0.2) is 0 Å². The summed E-state index contributed by atoms with van der Waals surface area (Å²) in [6.45, 7) is -0.173. The molecule has 3 nitrogen and oxygen atoms in total. The fourth-order valence-electron chi connectivity index (χ4n) is 1.94. The Morgan fingerprint density at radius 2 is 1.90 bits per heavy atom. The van der Waals surface area contributed by atoms with Crippen molar-refractivity contribution in [3.63, 3.8) is 0 Å². The zero-order valence-electron chi connectivity index (χ0n) is 11.7. The quantitative estimate of drug-likeness (QED) is 0.845. The molecule has 3 heteroatoms. The van der Waals surface area contributed by atoms with E-state index in [-0.39, 0.29) is 12.5 Å². The lowest BCUT2D eigenvalue weighted by atomic mass is 10.1. The van der Waals surface area contributed by atoms with Gasteiger partial charge in [0.05, 0.1) is 0 Å². The summed E-state index contributed by atoms with van der Waals surface area (Å²) in [6, 6.07) is 17.2. The van der Waals surface area contributed by atoms with Crippen LogP contribution in [0.2, 0.25) is 0 Å². The Balaban J connectivity index is 1.90. The minimum absolute atomic E-state index is 0.0221. The van der Waals surface area contributed by atoms with Gasteiger partial charge in [-0.25, -0.2) is 0 Å². The van der Waals surface area contributed by atoms with Crippen LogP contribution < -0.4 is 5.32 Å². The molecule has 2 aromatic carbocycles. The zero-order chi connectivity index (χ0) is 14.9. The van der Waals surface area contributed by atoms with E-state index in [1.165, 1.54) is 0 Å². The van der Waals surface area contributed by atoms with E-state index in [4.69, 9.17) is 5.11 Å². The molecule has 0 saturated heterocycles. The van der Waals surface area contributed by atoms with Gasteiger partial charge in [0.2, 0.25) is 5.91 Å². The van der Waals surface area contributed by atoms with Crippen LogP contribution in [0.15, 0.2) is 54.6 Å². The molecule has 0 bridgehead atoms. The van der Waals surface area contributed by atoms with Crippen molar-refractivity contribution < 1.29 is 9.90 Å². The molecule has 0 radical (unpaired) electrons. The van der Waals surface area contributed by atoms with Gasteiger partial charge in [0.25, 0.3) is 0 Å². The van der Waals surface area contributed by atoms with Crippen LogP contribution >= 0.6 is 0 Å². The van der Waals surface area contributed by atoms with Crippen LogP contribution in [0.3, 0.4) is 0 Å². The highest BCUT2D eigenvalue weighted by Crippen LogP contribution is 2.11. The number of hydrogen-bond acceptors (Lipinski definition) is 2. The monoisotopic (exact) mass is 279 g/mol. The Labute approximate surface area is 124 Å². The minimum Gasteiger partial charge on any atom is -0.384 e. The predicted octanol–water partition coefficient (Wildman–Crippen LogP) is 2.60. The van der Waals surface area contributed by atoms with Crippen LogP contribution in [0.1, 0.15) is 17.5 Å². The van der Waals surface area contributed by atoms with Crippen molar-refractivity contribution in [1.29, 1.82) is 0 Å². The third-order valence-electron chi connectivity index (χ3n) is 2.94. The van der Waals surface area contributed by atoms with Crippen molar-refractivity contribution in [3.8, 4) is 11.8 Å². The highest BCUT2D eigenvalue weighted by Gasteiger charge is 2.03. The maximum absolute atomic E-state index is 11.9. The average Bonchev–Trinajstić information content (AvgIpc) is 2.52. The van der Waals surface area contributed by atoms with E-state index < -0.39 is 0 Å². The Morgan fingerprint density at radius 3 is 2.67 bits per heavy atom. The number of aliphatic hydroxyl groups is 1. The first-order chi connectivity index (χ1) is 10.3. The smallest absolute Gasteiger partial charge is 0.224 e. The lowest BCUT2D eigenvalue weighted by molar-refractivity contribution is -0.116. The Kier molecular flexibility index (Phi) is 5.57. The van der Waals surface area contributed by atoms with E-state index >= 15 is 0 Å². The van der Waals surface area contributed by atoms with Crippen LogP contribution in [0, 0.1) is 11.8 Å². The molecule has 0 aliphatic rings. The molecule has 2 aromatic rings. The second kappa shape index (κ2) is 7.88. The highest BCUT2D eigenvalue weighted by molar-refractivity contribution is 5.91. The number of nitrogens with one attached hydrogen (secondary N) is 1. The van der Waals surface area contributed by atoms with E-state index in [1.807, 2.05) is 48.5 Å². The number of aryl methyl sites for hydroxylation is 1. The normalized spacial score (nSPS) is 9.57. The Hall–Kier alpha value is -2.57. The van der Waals surface area contributed by atoms with Gasteiger partial charge in [-0.15, -0.1) is 0 Å². The van der Waals surface area contributed by atoms with Gasteiger partial charge < -0.3 is 10.4 Å². The first kappa shape index (κ1) is 14.8. The molecule has 0 spiro atoms. The van der Waals surface area contributed by atoms with Gasteiger partial charge in [0, 0.05) is 17.7 Å². The number of carbonyl (C=O) groups excluding carboxylic acids is 1. The summed E-state index contributed by atoms with van der Waals surface area (Å²) in [5.74, 6) is 5.38. The van der Waals surface area contributed by atoms with Crippen molar-refractivity contribution >= 4 is 11.6 Å².